The van der Waals surface area contributed by atoms with Gasteiger partial charge < -0.3 is 10.6 Å². The second-order valence-corrected chi connectivity index (χ2v) is 15.4. The number of hydrogen-bond acceptors (Lipinski definition) is 7. The number of Topliss-reactive ketones (excluding diaryl/α,β-unsaturated/α-hetero) is 2. The molecule has 4 N–H and O–H groups in total. The first-order valence-corrected chi connectivity index (χ1v) is 16.8. The number of benzene rings is 1. The lowest BCUT2D eigenvalue weighted by molar-refractivity contribution is -0.142. The van der Waals surface area contributed by atoms with Gasteiger partial charge in [-0.25, -0.2) is 0 Å². The van der Waals surface area contributed by atoms with Crippen molar-refractivity contribution in [1.82, 2.24) is 25.4 Å². The number of anilines is 2. The lowest BCUT2D eigenvalue weighted by atomic mass is 9.69. The Hall–Kier alpha value is -4.52. The number of rotatable bonds is 2. The van der Waals surface area contributed by atoms with E-state index in [1.54, 1.807) is 18.3 Å². The smallest absolute Gasteiger partial charge is 0.342 e. The second kappa shape index (κ2) is 11.8. The Balaban J connectivity index is 0.000000155. The Bertz CT molecular complexity index is 2030. The van der Waals surface area contributed by atoms with Gasteiger partial charge in [0.05, 0.1) is 0 Å². The first-order valence-electron chi connectivity index (χ1n) is 16.0. The zero-order valence-electron chi connectivity index (χ0n) is 27.3. The zero-order valence-corrected chi connectivity index (χ0v) is 28.9. The number of hydrogen-bond donors (Lipinski definition) is 4. The van der Waals surface area contributed by atoms with Crippen molar-refractivity contribution in [3.63, 3.8) is 0 Å². The van der Waals surface area contributed by atoms with E-state index in [4.69, 9.17) is 0 Å². The van der Waals surface area contributed by atoms with Crippen molar-refractivity contribution in [1.29, 1.82) is 0 Å². The Morgan fingerprint density at radius 2 is 1.27 bits per heavy atom. The summed E-state index contributed by atoms with van der Waals surface area (Å²) in [5.41, 5.74) is 4.37. The van der Waals surface area contributed by atoms with E-state index in [2.05, 4.69) is 77.9 Å². The number of halogens is 4. The van der Waals surface area contributed by atoms with Gasteiger partial charge in [-0.2, -0.15) is 23.4 Å². The van der Waals surface area contributed by atoms with Crippen LogP contribution in [0.25, 0.3) is 0 Å². The maximum absolute atomic E-state index is 13.5. The van der Waals surface area contributed by atoms with Crippen LogP contribution in [0, 0.1) is 10.8 Å². The summed E-state index contributed by atoms with van der Waals surface area (Å²) in [7, 11) is 0. The van der Waals surface area contributed by atoms with Crippen LogP contribution in [0.2, 0.25) is 0 Å². The van der Waals surface area contributed by atoms with Crippen molar-refractivity contribution in [3.8, 4) is 0 Å². The van der Waals surface area contributed by atoms with E-state index in [0.29, 0.717) is 36.1 Å². The van der Waals surface area contributed by atoms with Gasteiger partial charge in [-0.05, 0) is 56.8 Å². The maximum Gasteiger partial charge on any atom is 0.433 e. The quantitative estimate of drug-likeness (QED) is 0.163. The molecule has 8 rings (SSSR count). The molecule has 0 spiro atoms. The predicted octanol–water partition coefficient (Wildman–Crippen LogP) is 8.40. The molecule has 9 nitrogen and oxygen atoms in total. The van der Waals surface area contributed by atoms with Crippen molar-refractivity contribution < 1.29 is 22.8 Å². The highest BCUT2D eigenvalue weighted by Crippen LogP contribution is 2.52. The van der Waals surface area contributed by atoms with Gasteiger partial charge in [0.2, 0.25) is 0 Å². The number of carbonyl (C=O) groups is 2. The van der Waals surface area contributed by atoms with Crippen LogP contribution < -0.4 is 10.6 Å². The summed E-state index contributed by atoms with van der Waals surface area (Å²) in [6, 6.07) is 13.5. The van der Waals surface area contributed by atoms with E-state index in [-0.39, 0.29) is 39.7 Å². The van der Waals surface area contributed by atoms with E-state index in [1.807, 2.05) is 32.0 Å². The SMILES string of the molecule is CC1(C)CC(=O)C2=C(C1)Nc1n[nH]c(Br)c1C2c1ccccc1.CC1(C)CC(=O)C2=C(C1)Nc1n[nH]c(C(F)(F)F)c1C2c1cccnc1. The number of allylic oxidation sites excluding steroid dienone is 4. The van der Waals surface area contributed by atoms with E-state index in [0.717, 1.165) is 39.2 Å². The first-order chi connectivity index (χ1) is 23.1. The van der Waals surface area contributed by atoms with Gasteiger partial charge >= 0.3 is 6.18 Å². The maximum atomic E-state index is 13.5. The lowest BCUT2D eigenvalue weighted by Crippen LogP contribution is -2.34. The fraction of sp³-hybridized carbons (Fsp3) is 0.361. The van der Waals surface area contributed by atoms with Crippen molar-refractivity contribution >= 4 is 39.1 Å². The van der Waals surface area contributed by atoms with Gasteiger partial charge in [-0.15, -0.1) is 0 Å². The minimum Gasteiger partial charge on any atom is -0.342 e. The van der Waals surface area contributed by atoms with Gasteiger partial charge in [-0.3, -0.25) is 24.8 Å². The summed E-state index contributed by atoms with van der Waals surface area (Å²) in [5.74, 6) is 0.118. The summed E-state index contributed by atoms with van der Waals surface area (Å²) < 4.78 is 41.4. The van der Waals surface area contributed by atoms with E-state index < -0.39 is 17.8 Å². The molecule has 2 atom stereocenters. The molecule has 49 heavy (non-hydrogen) atoms. The summed E-state index contributed by atoms with van der Waals surface area (Å²) in [6.07, 6.45) is 0.759. The number of carbonyl (C=O) groups excluding carboxylic acids is 2. The Morgan fingerprint density at radius 3 is 1.82 bits per heavy atom. The van der Waals surface area contributed by atoms with E-state index in [1.165, 1.54) is 6.20 Å². The third kappa shape index (κ3) is 6.02. The number of ketones is 2. The number of nitrogens with zero attached hydrogens (tertiary/aromatic N) is 3. The number of pyridine rings is 1. The Morgan fingerprint density at radius 1 is 0.735 bits per heavy atom. The summed E-state index contributed by atoms with van der Waals surface area (Å²) in [4.78, 5) is 29.9. The molecule has 2 aliphatic carbocycles. The second-order valence-electron chi connectivity index (χ2n) is 14.6. The molecule has 254 valence electrons. The molecule has 0 fully saturated rings. The molecule has 0 radical (unpaired) electrons. The topological polar surface area (TPSA) is 128 Å². The summed E-state index contributed by atoms with van der Waals surface area (Å²) in [6.45, 7) is 8.22. The monoisotopic (exact) mass is 733 g/mol. The van der Waals surface area contributed by atoms with Crippen molar-refractivity contribution in [2.75, 3.05) is 10.6 Å². The van der Waals surface area contributed by atoms with Gasteiger partial charge in [0.15, 0.2) is 23.2 Å². The van der Waals surface area contributed by atoms with Crippen LogP contribution in [-0.2, 0) is 15.8 Å². The fourth-order valence-electron chi connectivity index (χ4n) is 7.63. The molecule has 4 aliphatic rings. The fourth-order valence-corrected chi connectivity index (χ4v) is 8.13. The molecule has 0 saturated heterocycles. The summed E-state index contributed by atoms with van der Waals surface area (Å²) >= 11 is 3.56. The van der Waals surface area contributed by atoms with Crippen LogP contribution in [0.5, 0.6) is 0 Å². The van der Waals surface area contributed by atoms with Crippen LogP contribution in [0.3, 0.4) is 0 Å². The molecule has 4 aromatic rings. The molecule has 5 heterocycles. The number of fused-ring (bicyclic) bond motifs is 2. The van der Waals surface area contributed by atoms with E-state index in [9.17, 15) is 22.8 Å². The highest BCUT2D eigenvalue weighted by Gasteiger charge is 2.47. The van der Waals surface area contributed by atoms with Crippen LogP contribution in [0.4, 0.5) is 24.8 Å². The van der Waals surface area contributed by atoms with E-state index >= 15 is 0 Å². The Kier molecular flexibility index (Phi) is 7.96. The predicted molar refractivity (Wildman–Crippen MR) is 182 cm³/mol. The van der Waals surface area contributed by atoms with Crippen LogP contribution in [0.1, 0.15) is 93.2 Å². The van der Waals surface area contributed by atoms with Crippen LogP contribution >= 0.6 is 15.9 Å². The molecule has 0 amide bonds. The molecule has 2 aliphatic heterocycles. The average Bonchev–Trinajstić information content (AvgIpc) is 3.62. The lowest BCUT2D eigenvalue weighted by Gasteiger charge is -2.38. The number of aromatic nitrogens is 5. The minimum atomic E-state index is -4.60. The normalized spacial score (nSPS) is 22.1. The number of alkyl halides is 3. The zero-order chi connectivity index (χ0) is 34.9. The third-order valence-electron chi connectivity index (χ3n) is 9.53. The number of nitrogens with one attached hydrogen (secondary N) is 4. The minimum absolute atomic E-state index is 0.0187. The average molecular weight is 735 g/mol. The van der Waals surface area contributed by atoms with Crippen molar-refractivity contribution in [3.05, 3.63) is 110 Å². The van der Waals surface area contributed by atoms with Gasteiger partial charge in [0, 0.05) is 70.7 Å². The van der Waals surface area contributed by atoms with Gasteiger partial charge in [0.1, 0.15) is 10.3 Å². The first kappa shape index (κ1) is 33.0. The Labute approximate surface area is 289 Å². The largest absolute Gasteiger partial charge is 0.433 e. The molecule has 2 unspecified atom stereocenters. The molecule has 13 heteroatoms. The van der Waals surface area contributed by atoms with Gasteiger partial charge in [0.25, 0.3) is 0 Å². The molecular weight excluding hydrogens is 699 g/mol. The third-order valence-corrected chi connectivity index (χ3v) is 10.1. The highest BCUT2D eigenvalue weighted by molar-refractivity contribution is 9.10. The number of aromatic amines is 2. The molecular formula is C36H35BrF3N7O2. The van der Waals surface area contributed by atoms with Crippen LogP contribution in [-0.4, -0.2) is 36.9 Å². The molecule has 3 aromatic heterocycles. The van der Waals surface area contributed by atoms with Crippen molar-refractivity contribution in [2.45, 2.75) is 71.4 Å². The molecule has 0 saturated carbocycles. The van der Waals surface area contributed by atoms with Gasteiger partial charge in [-0.1, -0.05) is 64.1 Å². The molecule has 1 aromatic carbocycles. The van der Waals surface area contributed by atoms with Crippen molar-refractivity contribution in [2.24, 2.45) is 10.8 Å². The van der Waals surface area contributed by atoms with Crippen LogP contribution in [0.15, 0.2) is 82.0 Å². The molecule has 0 bridgehead atoms. The highest BCUT2D eigenvalue weighted by atomic mass is 79.9. The summed E-state index contributed by atoms with van der Waals surface area (Å²) in [5, 5.41) is 19.7. The number of H-pyrrole nitrogens is 2. The standard InChI is InChI=1S/C18H18BrN3O.C18H17F3N4O/c1-18(2)8-11-14(12(23)9-18)13(10-6-4-3-5-7-10)15-16(19)21-22-17(15)20-11;1-17(2)6-10-13(11(26)7-17)12(9-4-3-5-22-8-9)14-15(18(19,20)21)24-25-16(14)23-10/h3-7,13H,8-9H2,1-2H3,(H2,20,21,22);3-5,8,12H,6-7H2,1-2H3,(H2,23,24,25).